The largest absolute Gasteiger partial charge is 0.381 e. The van der Waals surface area contributed by atoms with Crippen LogP contribution in [0.2, 0.25) is 5.15 Å². The zero-order valence-corrected chi connectivity index (χ0v) is 20.2. The van der Waals surface area contributed by atoms with Gasteiger partial charge in [-0.1, -0.05) is 17.2 Å². The predicted molar refractivity (Wildman–Crippen MR) is 127 cm³/mol. The van der Waals surface area contributed by atoms with Crippen molar-refractivity contribution in [3.8, 4) is 5.69 Å². The standard InChI is InChI=1S/C24H24ClFN4O3S/c1-2-33-16-24-12-17-13-28-30(20-5-3-19(26)4-6-20)22(17)11-18(24)9-10-29(15-24)34(31,32)21-7-8-23(25)27-14-21/h3-8,11,13-14H,2,9-10,12,15-16H2,1H3/t24-/m1/s1. The molecule has 1 atom stereocenters. The van der Waals surface area contributed by atoms with E-state index in [1.165, 1.54) is 34.8 Å². The first-order valence-electron chi connectivity index (χ1n) is 11.1. The van der Waals surface area contributed by atoms with Gasteiger partial charge in [-0.2, -0.15) is 9.40 Å². The minimum absolute atomic E-state index is 0.122. The van der Waals surface area contributed by atoms with Gasteiger partial charge in [-0.05, 0) is 67.8 Å². The molecular formula is C24H24ClFN4O3S. The van der Waals surface area contributed by atoms with Crippen molar-refractivity contribution < 1.29 is 17.5 Å². The van der Waals surface area contributed by atoms with E-state index in [4.69, 9.17) is 16.3 Å². The van der Waals surface area contributed by atoms with Crippen molar-refractivity contribution in [2.45, 2.75) is 24.7 Å². The van der Waals surface area contributed by atoms with Crippen molar-refractivity contribution in [1.82, 2.24) is 19.1 Å². The molecule has 0 bridgehead atoms. The molecule has 1 aliphatic carbocycles. The van der Waals surface area contributed by atoms with Gasteiger partial charge in [0.25, 0.3) is 0 Å². The molecule has 10 heteroatoms. The van der Waals surface area contributed by atoms with Crippen molar-refractivity contribution in [2.24, 2.45) is 5.41 Å². The summed E-state index contributed by atoms with van der Waals surface area (Å²) >= 11 is 5.85. The molecule has 2 aromatic heterocycles. The Balaban J connectivity index is 1.51. The van der Waals surface area contributed by atoms with Crippen molar-refractivity contribution in [1.29, 1.82) is 0 Å². The van der Waals surface area contributed by atoms with Crippen LogP contribution in [-0.4, -0.2) is 53.8 Å². The van der Waals surface area contributed by atoms with E-state index in [1.54, 1.807) is 23.0 Å². The molecule has 178 valence electrons. The Kier molecular flexibility index (Phi) is 6.05. The topological polar surface area (TPSA) is 77.3 Å². The molecule has 1 saturated heterocycles. The fourth-order valence-corrected chi connectivity index (χ4v) is 6.36. The quantitative estimate of drug-likeness (QED) is 0.474. The molecule has 0 saturated carbocycles. The summed E-state index contributed by atoms with van der Waals surface area (Å²) < 4.78 is 49.4. The lowest BCUT2D eigenvalue weighted by Crippen LogP contribution is -2.51. The summed E-state index contributed by atoms with van der Waals surface area (Å²) in [6.45, 7) is 3.51. The Morgan fingerprint density at radius 3 is 2.68 bits per heavy atom. The molecule has 0 amide bonds. The lowest BCUT2D eigenvalue weighted by Gasteiger charge is -2.45. The third kappa shape index (κ3) is 4.07. The maximum atomic E-state index is 13.4. The van der Waals surface area contributed by atoms with Gasteiger partial charge in [-0.15, -0.1) is 0 Å². The molecule has 0 unspecified atom stereocenters. The zero-order valence-electron chi connectivity index (χ0n) is 18.6. The second kappa shape index (κ2) is 8.88. The lowest BCUT2D eigenvalue weighted by molar-refractivity contribution is 0.0477. The Morgan fingerprint density at radius 2 is 1.97 bits per heavy atom. The third-order valence-corrected chi connectivity index (χ3v) is 8.56. The second-order valence-electron chi connectivity index (χ2n) is 8.61. The summed E-state index contributed by atoms with van der Waals surface area (Å²) in [5.41, 5.74) is 3.35. The average molecular weight is 503 g/mol. The first-order chi connectivity index (χ1) is 16.3. The number of halogens is 2. The van der Waals surface area contributed by atoms with Gasteiger partial charge in [0.05, 0.1) is 24.2 Å². The molecule has 3 aromatic rings. The number of hydrogen-bond donors (Lipinski definition) is 0. The summed E-state index contributed by atoms with van der Waals surface area (Å²) in [6.07, 6.45) is 6.36. The first kappa shape index (κ1) is 23.2. The van der Waals surface area contributed by atoms with Crippen LogP contribution in [0.25, 0.3) is 11.8 Å². The number of nitrogens with zero attached hydrogens (tertiary/aromatic N) is 4. The van der Waals surface area contributed by atoms with Crippen LogP contribution in [0.4, 0.5) is 4.39 Å². The van der Waals surface area contributed by atoms with Crippen LogP contribution in [0.15, 0.2) is 59.3 Å². The van der Waals surface area contributed by atoms with Crippen LogP contribution < -0.4 is 0 Å². The molecule has 1 aliphatic heterocycles. The molecule has 5 rings (SSSR count). The van der Waals surface area contributed by atoms with E-state index in [2.05, 4.69) is 16.2 Å². The van der Waals surface area contributed by atoms with E-state index in [-0.39, 0.29) is 15.9 Å². The van der Waals surface area contributed by atoms with Gasteiger partial charge in [0.15, 0.2) is 0 Å². The predicted octanol–water partition coefficient (Wildman–Crippen LogP) is 4.12. The van der Waals surface area contributed by atoms with E-state index >= 15 is 0 Å². The van der Waals surface area contributed by atoms with Crippen LogP contribution in [0, 0.1) is 11.2 Å². The lowest BCUT2D eigenvalue weighted by atomic mass is 9.69. The normalized spacial score (nSPS) is 20.5. The number of benzene rings is 1. The number of rotatable bonds is 6. The van der Waals surface area contributed by atoms with E-state index in [0.717, 1.165) is 22.5 Å². The van der Waals surface area contributed by atoms with Crippen LogP contribution in [0.3, 0.4) is 0 Å². The molecule has 2 aliphatic rings. The summed E-state index contributed by atoms with van der Waals surface area (Å²) in [7, 11) is -3.74. The maximum absolute atomic E-state index is 13.4. The fourth-order valence-electron chi connectivity index (χ4n) is 4.78. The molecule has 7 nitrogen and oxygen atoms in total. The second-order valence-corrected chi connectivity index (χ2v) is 10.9. The smallest absolute Gasteiger partial charge is 0.244 e. The highest BCUT2D eigenvalue weighted by Gasteiger charge is 2.46. The van der Waals surface area contributed by atoms with Crippen molar-refractivity contribution in [3.05, 3.63) is 76.6 Å². The molecular weight excluding hydrogens is 479 g/mol. The third-order valence-electron chi connectivity index (χ3n) is 6.51. The number of aromatic nitrogens is 3. The molecule has 1 aromatic carbocycles. The number of piperidine rings is 1. The van der Waals surface area contributed by atoms with Crippen LogP contribution in [0.1, 0.15) is 24.6 Å². The van der Waals surface area contributed by atoms with E-state index in [9.17, 15) is 12.8 Å². The molecule has 0 spiro atoms. The molecule has 0 radical (unpaired) electrons. The number of ether oxygens (including phenoxy) is 1. The van der Waals surface area contributed by atoms with Gasteiger partial charge < -0.3 is 4.74 Å². The summed E-state index contributed by atoms with van der Waals surface area (Å²) in [5, 5.41) is 4.79. The van der Waals surface area contributed by atoms with Crippen molar-refractivity contribution in [2.75, 3.05) is 26.3 Å². The van der Waals surface area contributed by atoms with E-state index < -0.39 is 15.4 Å². The minimum atomic E-state index is -3.74. The van der Waals surface area contributed by atoms with Crippen LogP contribution in [-0.2, 0) is 21.2 Å². The Morgan fingerprint density at radius 1 is 1.18 bits per heavy atom. The Labute approximate surface area is 202 Å². The highest BCUT2D eigenvalue weighted by molar-refractivity contribution is 7.89. The zero-order chi connectivity index (χ0) is 23.9. The summed E-state index contributed by atoms with van der Waals surface area (Å²) in [5.74, 6) is -0.302. The van der Waals surface area contributed by atoms with Crippen LogP contribution in [0.5, 0.6) is 0 Å². The van der Waals surface area contributed by atoms with E-state index in [0.29, 0.717) is 39.1 Å². The van der Waals surface area contributed by atoms with Gasteiger partial charge in [-0.25, -0.2) is 22.5 Å². The molecule has 34 heavy (non-hydrogen) atoms. The van der Waals surface area contributed by atoms with Gasteiger partial charge >= 0.3 is 0 Å². The van der Waals surface area contributed by atoms with Crippen molar-refractivity contribution >= 4 is 27.7 Å². The fraction of sp³-hybridized carbons (Fsp3) is 0.333. The number of hydrogen-bond acceptors (Lipinski definition) is 5. The van der Waals surface area contributed by atoms with Crippen molar-refractivity contribution in [3.63, 3.8) is 0 Å². The highest BCUT2D eigenvalue weighted by atomic mass is 35.5. The number of sulfonamides is 1. The van der Waals surface area contributed by atoms with E-state index in [1.807, 2.05) is 6.92 Å². The SMILES string of the molecule is CCOC[C@]12Cc3cnn(-c4ccc(F)cc4)c3C=C1CCN(S(=O)(=O)c1ccc(Cl)nc1)C2. The van der Waals surface area contributed by atoms with Gasteiger partial charge in [0.1, 0.15) is 15.9 Å². The van der Waals surface area contributed by atoms with Crippen LogP contribution >= 0.6 is 11.6 Å². The minimum Gasteiger partial charge on any atom is -0.381 e. The average Bonchev–Trinajstić information content (AvgIpc) is 3.24. The monoisotopic (exact) mass is 502 g/mol. The number of pyridine rings is 1. The van der Waals surface area contributed by atoms with Gasteiger partial charge in [0, 0.05) is 31.3 Å². The molecule has 1 fully saturated rings. The maximum Gasteiger partial charge on any atom is 0.244 e. The van der Waals surface area contributed by atoms with Gasteiger partial charge in [-0.3, -0.25) is 0 Å². The molecule has 3 heterocycles. The highest BCUT2D eigenvalue weighted by Crippen LogP contribution is 2.45. The van der Waals surface area contributed by atoms with Gasteiger partial charge in [0.2, 0.25) is 10.0 Å². The summed E-state index contributed by atoms with van der Waals surface area (Å²) in [4.78, 5) is 4.07. The number of fused-ring (bicyclic) bond motifs is 2. The Hall–Kier alpha value is -2.59. The summed E-state index contributed by atoms with van der Waals surface area (Å²) in [6, 6.07) is 9.17. The Bertz CT molecular complexity index is 1340. The first-order valence-corrected chi connectivity index (χ1v) is 12.9. The molecule has 0 N–H and O–H groups in total.